The quantitative estimate of drug-likeness (QED) is 0.305. The Morgan fingerprint density at radius 1 is 0.949 bits per heavy atom. The van der Waals surface area contributed by atoms with E-state index in [9.17, 15) is 4.79 Å². The Hall–Kier alpha value is -1.87. The van der Waals surface area contributed by atoms with Crippen LogP contribution in [0.15, 0.2) is 59.2 Å². The molecule has 0 aliphatic carbocycles. The Balaban J connectivity index is 0.00000370. The number of piperidine rings is 1. The molecule has 0 atom stereocenters. The third-order valence-electron chi connectivity index (χ3n) is 7.55. The predicted molar refractivity (Wildman–Crippen MR) is 165 cm³/mol. The van der Waals surface area contributed by atoms with Gasteiger partial charge in [0.2, 0.25) is 0 Å². The van der Waals surface area contributed by atoms with Gasteiger partial charge in [0.05, 0.1) is 10.6 Å². The van der Waals surface area contributed by atoms with Crippen molar-refractivity contribution in [3.63, 3.8) is 0 Å². The molecule has 208 valence electrons. The standard InChI is InChI=1S/C29H31BrCl3N5O.H2/c30-23-4-1-20(2-5-23)17-35-29(39)22-15-27(33)28(34-18-22)38-13-11-37(12-14-38)25-7-9-36(10-8-25)19-21-3-6-24(31)16-26(21)32;/h1-6,15-16,18,25H,7-14,17,19H2,(H,35,39);1H. The van der Waals surface area contributed by atoms with Gasteiger partial charge in [0, 0.05) is 67.5 Å². The van der Waals surface area contributed by atoms with Crippen LogP contribution in [0.5, 0.6) is 0 Å². The van der Waals surface area contributed by atoms with Crippen LogP contribution in [0.4, 0.5) is 5.82 Å². The normalized spacial score (nSPS) is 17.4. The summed E-state index contributed by atoms with van der Waals surface area (Å²) in [6, 6.07) is 15.9. The van der Waals surface area contributed by atoms with Gasteiger partial charge in [-0.3, -0.25) is 14.6 Å². The summed E-state index contributed by atoms with van der Waals surface area (Å²) in [7, 11) is 0. The first kappa shape index (κ1) is 28.7. The summed E-state index contributed by atoms with van der Waals surface area (Å²) < 4.78 is 1.01. The van der Waals surface area contributed by atoms with Crippen molar-refractivity contribution in [2.24, 2.45) is 0 Å². The molecule has 10 heteroatoms. The number of likely N-dealkylation sites (tertiary alicyclic amines) is 1. The maximum absolute atomic E-state index is 12.6. The highest BCUT2D eigenvalue weighted by Gasteiger charge is 2.28. The summed E-state index contributed by atoms with van der Waals surface area (Å²) in [5, 5.41) is 4.86. The number of carbonyl (C=O) groups excluding carboxylic acids is 1. The van der Waals surface area contributed by atoms with E-state index >= 15 is 0 Å². The second-order valence-electron chi connectivity index (χ2n) is 10.1. The van der Waals surface area contributed by atoms with E-state index in [4.69, 9.17) is 34.8 Å². The van der Waals surface area contributed by atoms with E-state index < -0.39 is 0 Å². The summed E-state index contributed by atoms with van der Waals surface area (Å²) >= 11 is 22.4. The number of rotatable bonds is 7. The van der Waals surface area contributed by atoms with Gasteiger partial charge in [0.1, 0.15) is 5.82 Å². The predicted octanol–water partition coefficient (Wildman–Crippen LogP) is 6.77. The molecule has 0 spiro atoms. The highest BCUT2D eigenvalue weighted by Crippen LogP contribution is 2.28. The lowest BCUT2D eigenvalue weighted by Crippen LogP contribution is -2.53. The monoisotopic (exact) mass is 651 g/mol. The maximum atomic E-state index is 12.6. The molecule has 2 saturated heterocycles. The molecule has 2 fully saturated rings. The second kappa shape index (κ2) is 13.2. The Bertz CT molecular complexity index is 1300. The van der Waals surface area contributed by atoms with Crippen molar-refractivity contribution in [2.45, 2.75) is 32.0 Å². The molecule has 1 N–H and O–H groups in total. The number of aromatic nitrogens is 1. The van der Waals surface area contributed by atoms with E-state index in [0.29, 0.717) is 28.2 Å². The minimum Gasteiger partial charge on any atom is -0.353 e. The summed E-state index contributed by atoms with van der Waals surface area (Å²) in [5.74, 6) is 0.559. The molecule has 1 aromatic heterocycles. The third kappa shape index (κ3) is 7.46. The lowest BCUT2D eigenvalue weighted by molar-refractivity contribution is 0.0950. The molecule has 0 unspecified atom stereocenters. The van der Waals surface area contributed by atoms with Crippen LogP contribution in [0.2, 0.25) is 15.1 Å². The number of hydrogen-bond donors (Lipinski definition) is 1. The van der Waals surface area contributed by atoms with E-state index in [0.717, 1.165) is 85.1 Å². The smallest absolute Gasteiger partial charge is 0.253 e. The van der Waals surface area contributed by atoms with Gasteiger partial charge >= 0.3 is 0 Å². The lowest BCUT2D eigenvalue weighted by atomic mass is 10.0. The molecular weight excluding hydrogens is 621 g/mol. The summed E-state index contributed by atoms with van der Waals surface area (Å²) in [4.78, 5) is 24.5. The van der Waals surface area contributed by atoms with Crippen LogP contribution in [-0.2, 0) is 13.1 Å². The maximum Gasteiger partial charge on any atom is 0.253 e. The molecule has 0 bridgehead atoms. The van der Waals surface area contributed by atoms with E-state index in [1.807, 2.05) is 42.5 Å². The molecule has 3 heterocycles. The first-order valence-corrected chi connectivity index (χ1v) is 15.1. The molecule has 2 aliphatic rings. The zero-order chi connectivity index (χ0) is 27.4. The Labute approximate surface area is 254 Å². The van der Waals surface area contributed by atoms with Crippen molar-refractivity contribution in [2.75, 3.05) is 44.2 Å². The number of amides is 1. The number of carbonyl (C=O) groups is 1. The molecular formula is C29H33BrCl3N5O. The average molecular weight is 654 g/mol. The summed E-state index contributed by atoms with van der Waals surface area (Å²) in [6.45, 7) is 7.10. The molecule has 2 aromatic carbocycles. The zero-order valence-electron chi connectivity index (χ0n) is 21.6. The topological polar surface area (TPSA) is 51.7 Å². The van der Waals surface area contributed by atoms with Gasteiger partial charge in [-0.25, -0.2) is 4.98 Å². The first-order valence-electron chi connectivity index (χ1n) is 13.2. The van der Waals surface area contributed by atoms with Crippen molar-refractivity contribution in [3.05, 3.63) is 91.0 Å². The fourth-order valence-electron chi connectivity index (χ4n) is 5.31. The minimum atomic E-state index is -0.187. The van der Waals surface area contributed by atoms with Crippen molar-refractivity contribution >= 4 is 62.5 Å². The van der Waals surface area contributed by atoms with Gasteiger partial charge in [-0.15, -0.1) is 0 Å². The molecule has 1 amide bonds. The van der Waals surface area contributed by atoms with Crippen LogP contribution < -0.4 is 10.2 Å². The van der Waals surface area contributed by atoms with Crippen LogP contribution in [0.1, 0.15) is 35.8 Å². The third-order valence-corrected chi connectivity index (χ3v) is 8.94. The molecule has 0 radical (unpaired) electrons. The van der Waals surface area contributed by atoms with Crippen molar-refractivity contribution in [1.29, 1.82) is 0 Å². The molecule has 2 aliphatic heterocycles. The van der Waals surface area contributed by atoms with Crippen LogP contribution in [-0.4, -0.2) is 66.0 Å². The summed E-state index contributed by atoms with van der Waals surface area (Å²) in [5.41, 5.74) is 2.62. The minimum absolute atomic E-state index is 0. The number of piperazine rings is 1. The van der Waals surface area contributed by atoms with Gasteiger partial charge < -0.3 is 10.2 Å². The van der Waals surface area contributed by atoms with Gasteiger partial charge in [-0.1, -0.05) is 68.9 Å². The number of anilines is 1. The Kier molecular flexibility index (Phi) is 9.69. The largest absolute Gasteiger partial charge is 0.353 e. The van der Waals surface area contributed by atoms with Crippen molar-refractivity contribution < 1.29 is 6.22 Å². The Morgan fingerprint density at radius 3 is 2.33 bits per heavy atom. The van der Waals surface area contributed by atoms with Crippen molar-refractivity contribution in [3.8, 4) is 0 Å². The fraction of sp³-hybridized carbons (Fsp3) is 0.379. The highest BCUT2D eigenvalue weighted by atomic mass is 79.9. The highest BCUT2D eigenvalue weighted by molar-refractivity contribution is 9.10. The van der Waals surface area contributed by atoms with Crippen molar-refractivity contribution in [1.82, 2.24) is 20.1 Å². The van der Waals surface area contributed by atoms with Crippen LogP contribution >= 0.6 is 50.7 Å². The number of hydrogen-bond acceptors (Lipinski definition) is 5. The SMILES string of the molecule is O=C(NCc1ccc(Br)cc1)c1cnc(N2CCN(C3CCN(Cc4ccc(Cl)cc4Cl)CC3)CC2)c(Cl)c1.[HH]. The molecule has 39 heavy (non-hydrogen) atoms. The molecule has 0 saturated carbocycles. The van der Waals surface area contributed by atoms with E-state index in [1.54, 1.807) is 12.3 Å². The van der Waals surface area contributed by atoms with Crippen LogP contribution in [0, 0.1) is 0 Å². The van der Waals surface area contributed by atoms with Crippen LogP contribution in [0.25, 0.3) is 0 Å². The number of nitrogens with one attached hydrogen (secondary N) is 1. The number of benzene rings is 2. The van der Waals surface area contributed by atoms with E-state index in [2.05, 4.69) is 40.9 Å². The molecule has 6 nitrogen and oxygen atoms in total. The van der Waals surface area contributed by atoms with Gasteiger partial charge in [0.25, 0.3) is 5.91 Å². The fourth-order valence-corrected chi connectivity index (χ4v) is 6.32. The van der Waals surface area contributed by atoms with Gasteiger partial charge in [-0.05, 0) is 67.4 Å². The lowest BCUT2D eigenvalue weighted by Gasteiger charge is -2.43. The number of halogens is 4. The van der Waals surface area contributed by atoms with E-state index in [1.165, 1.54) is 0 Å². The zero-order valence-corrected chi connectivity index (χ0v) is 25.4. The number of nitrogens with zero attached hydrogens (tertiary/aromatic N) is 4. The van der Waals surface area contributed by atoms with Gasteiger partial charge in [0.15, 0.2) is 0 Å². The summed E-state index contributed by atoms with van der Waals surface area (Å²) in [6.07, 6.45) is 3.91. The van der Waals surface area contributed by atoms with E-state index in [-0.39, 0.29) is 7.33 Å². The second-order valence-corrected chi connectivity index (χ2v) is 12.3. The number of pyridine rings is 1. The van der Waals surface area contributed by atoms with Crippen LogP contribution in [0.3, 0.4) is 0 Å². The molecule has 3 aromatic rings. The van der Waals surface area contributed by atoms with Gasteiger partial charge in [-0.2, -0.15) is 0 Å². The Morgan fingerprint density at radius 2 is 1.67 bits per heavy atom. The average Bonchev–Trinajstić information content (AvgIpc) is 2.94. The first-order chi connectivity index (χ1) is 18.9. The molecule has 5 rings (SSSR count).